The van der Waals surface area contributed by atoms with Gasteiger partial charge in [-0.25, -0.2) is 0 Å². The van der Waals surface area contributed by atoms with Gasteiger partial charge in [0, 0.05) is 47.9 Å². The molecule has 0 bridgehead atoms. The first-order valence-electron chi connectivity index (χ1n) is 11.5. The van der Waals surface area contributed by atoms with Crippen LogP contribution in [-0.4, -0.2) is 54.8 Å². The molecule has 4 nitrogen and oxygen atoms in total. The predicted molar refractivity (Wildman–Crippen MR) is 142 cm³/mol. The van der Waals surface area contributed by atoms with Crippen LogP contribution in [0.25, 0.3) is 6.08 Å². The van der Waals surface area contributed by atoms with Gasteiger partial charge in [0.25, 0.3) is 0 Å². The fourth-order valence-electron chi connectivity index (χ4n) is 4.40. The number of nitrogens with zero attached hydrogens (tertiary/aromatic N) is 2. The van der Waals surface area contributed by atoms with Crippen LogP contribution < -0.4 is 10.2 Å². The molecule has 1 fully saturated rings. The van der Waals surface area contributed by atoms with Crippen LogP contribution in [0.3, 0.4) is 0 Å². The first kappa shape index (κ1) is 24.5. The summed E-state index contributed by atoms with van der Waals surface area (Å²) in [4.78, 5) is 18.9. The fourth-order valence-corrected chi connectivity index (χ4v) is 6.02. The third-order valence-corrected chi connectivity index (χ3v) is 8.44. The molecule has 33 heavy (non-hydrogen) atoms. The van der Waals surface area contributed by atoms with Crippen molar-refractivity contribution in [2.24, 2.45) is 0 Å². The van der Waals surface area contributed by atoms with Crippen LogP contribution in [0.15, 0.2) is 52.9 Å². The molecular formula is C26H31Cl2N3OS. The molecule has 0 aromatic heterocycles. The van der Waals surface area contributed by atoms with Crippen LogP contribution in [0.4, 0.5) is 5.69 Å². The molecule has 2 aromatic rings. The number of nitrogens with one attached hydrogen (secondary N) is 1. The Labute approximate surface area is 211 Å². The van der Waals surface area contributed by atoms with Crippen molar-refractivity contribution in [3.05, 3.63) is 63.6 Å². The molecule has 2 heterocycles. The van der Waals surface area contributed by atoms with Crippen molar-refractivity contribution >= 4 is 52.6 Å². The number of hydrogen-bond acceptors (Lipinski definition) is 4. The van der Waals surface area contributed by atoms with E-state index in [4.69, 9.17) is 23.2 Å². The van der Waals surface area contributed by atoms with E-state index in [1.54, 1.807) is 11.8 Å². The van der Waals surface area contributed by atoms with E-state index in [2.05, 4.69) is 41.1 Å². The number of fused-ring (bicyclic) bond motifs is 1. The SMILES string of the molecule is CC1(C)Sc2ccccc2C=C1C(=O)NCCCCN1CCN(c2cccc(Cl)c2Cl)CC1. The van der Waals surface area contributed by atoms with Gasteiger partial charge in [-0.05, 0) is 63.1 Å². The number of anilines is 1. The van der Waals surface area contributed by atoms with Gasteiger partial charge in [0.2, 0.25) is 5.91 Å². The molecule has 1 amide bonds. The van der Waals surface area contributed by atoms with Gasteiger partial charge >= 0.3 is 0 Å². The van der Waals surface area contributed by atoms with E-state index in [1.165, 1.54) is 4.90 Å². The summed E-state index contributed by atoms with van der Waals surface area (Å²) < 4.78 is -0.232. The minimum Gasteiger partial charge on any atom is -0.368 e. The number of unbranched alkanes of at least 4 members (excludes halogenated alkanes) is 1. The molecular weight excluding hydrogens is 473 g/mol. The smallest absolute Gasteiger partial charge is 0.248 e. The maximum atomic E-state index is 12.9. The maximum absolute atomic E-state index is 12.9. The highest BCUT2D eigenvalue weighted by Gasteiger charge is 2.33. The van der Waals surface area contributed by atoms with Crippen molar-refractivity contribution < 1.29 is 4.79 Å². The Kier molecular flexibility index (Phi) is 7.95. The van der Waals surface area contributed by atoms with Gasteiger partial charge in [0.15, 0.2) is 0 Å². The quantitative estimate of drug-likeness (QED) is 0.471. The van der Waals surface area contributed by atoms with Crippen molar-refractivity contribution in [2.75, 3.05) is 44.2 Å². The average Bonchev–Trinajstić information content (AvgIpc) is 2.80. The molecule has 0 aliphatic carbocycles. The van der Waals surface area contributed by atoms with Crippen LogP contribution in [0.2, 0.25) is 10.0 Å². The number of halogens is 2. The Balaban J connectivity index is 1.19. The Hall–Kier alpha value is -1.66. The van der Waals surface area contributed by atoms with Crippen LogP contribution in [0.1, 0.15) is 32.3 Å². The van der Waals surface area contributed by atoms with E-state index in [0.29, 0.717) is 16.6 Å². The van der Waals surface area contributed by atoms with Gasteiger partial charge in [-0.3, -0.25) is 9.69 Å². The molecule has 1 N–H and O–H groups in total. The topological polar surface area (TPSA) is 35.6 Å². The second-order valence-corrected chi connectivity index (χ2v) is 11.5. The van der Waals surface area contributed by atoms with Crippen LogP contribution in [0.5, 0.6) is 0 Å². The Bertz CT molecular complexity index is 1030. The molecule has 2 aliphatic rings. The molecule has 4 rings (SSSR count). The molecule has 0 unspecified atom stereocenters. The van der Waals surface area contributed by atoms with Gasteiger partial charge in [0.1, 0.15) is 0 Å². The molecule has 0 saturated carbocycles. The standard InChI is InChI=1S/C26H31Cl2N3OS/c1-26(2)20(18-19-8-3-4-11-23(19)33-26)25(32)29-12-5-6-13-30-14-16-31(17-15-30)22-10-7-9-21(27)24(22)28/h3-4,7-11,18H,5-6,12-17H2,1-2H3,(H,29,32). The molecule has 2 aromatic carbocycles. The number of piperazine rings is 1. The third-order valence-electron chi connectivity index (χ3n) is 6.31. The molecule has 2 aliphatic heterocycles. The average molecular weight is 505 g/mol. The van der Waals surface area contributed by atoms with E-state index in [9.17, 15) is 4.79 Å². The lowest BCUT2D eigenvalue weighted by Crippen LogP contribution is -2.46. The Morgan fingerprint density at radius 3 is 2.58 bits per heavy atom. The minimum absolute atomic E-state index is 0.0500. The summed E-state index contributed by atoms with van der Waals surface area (Å²) in [6.07, 6.45) is 4.09. The Morgan fingerprint density at radius 1 is 1.03 bits per heavy atom. The highest BCUT2D eigenvalue weighted by atomic mass is 35.5. The molecule has 176 valence electrons. The van der Waals surface area contributed by atoms with Crippen molar-refractivity contribution in [3.63, 3.8) is 0 Å². The zero-order valence-electron chi connectivity index (χ0n) is 19.2. The van der Waals surface area contributed by atoms with Gasteiger partial charge in [-0.1, -0.05) is 47.5 Å². The second-order valence-electron chi connectivity index (χ2n) is 9.07. The summed E-state index contributed by atoms with van der Waals surface area (Å²) in [6, 6.07) is 14.1. The highest BCUT2D eigenvalue weighted by molar-refractivity contribution is 8.01. The number of carbonyl (C=O) groups excluding carboxylic acids is 1. The number of amides is 1. The lowest BCUT2D eigenvalue weighted by atomic mass is 9.97. The van der Waals surface area contributed by atoms with Crippen molar-refractivity contribution in [1.82, 2.24) is 10.2 Å². The number of carbonyl (C=O) groups is 1. The summed E-state index contributed by atoms with van der Waals surface area (Å²) >= 11 is 14.3. The lowest BCUT2D eigenvalue weighted by molar-refractivity contribution is -0.117. The third kappa shape index (κ3) is 5.89. The first-order valence-corrected chi connectivity index (χ1v) is 13.1. The van der Waals surface area contributed by atoms with Crippen LogP contribution in [0, 0.1) is 0 Å². The minimum atomic E-state index is -0.232. The van der Waals surface area contributed by atoms with Gasteiger partial charge in [0.05, 0.1) is 15.7 Å². The maximum Gasteiger partial charge on any atom is 0.248 e. The van der Waals surface area contributed by atoms with Gasteiger partial charge in [-0.15, -0.1) is 11.8 Å². The summed E-state index contributed by atoms with van der Waals surface area (Å²) in [5.74, 6) is 0.0500. The molecule has 0 spiro atoms. The lowest BCUT2D eigenvalue weighted by Gasteiger charge is -2.36. The normalized spacial score (nSPS) is 17.9. The predicted octanol–water partition coefficient (Wildman–Crippen LogP) is 5.98. The van der Waals surface area contributed by atoms with E-state index < -0.39 is 0 Å². The zero-order valence-corrected chi connectivity index (χ0v) is 21.6. The summed E-state index contributed by atoms with van der Waals surface area (Å²) in [6.45, 7) is 9.89. The number of thioether (sulfide) groups is 1. The largest absolute Gasteiger partial charge is 0.368 e. The first-order chi connectivity index (χ1) is 15.8. The summed E-state index contributed by atoms with van der Waals surface area (Å²) in [7, 11) is 0. The highest BCUT2D eigenvalue weighted by Crippen LogP contribution is 2.44. The van der Waals surface area contributed by atoms with E-state index in [0.717, 1.165) is 62.4 Å². The second kappa shape index (κ2) is 10.7. The van der Waals surface area contributed by atoms with E-state index >= 15 is 0 Å². The summed E-state index contributed by atoms with van der Waals surface area (Å²) in [5.41, 5.74) is 3.00. The molecule has 7 heteroatoms. The van der Waals surface area contributed by atoms with Crippen LogP contribution in [-0.2, 0) is 4.79 Å². The monoisotopic (exact) mass is 503 g/mol. The number of hydrogen-bond donors (Lipinski definition) is 1. The number of rotatable bonds is 7. The summed E-state index contributed by atoms with van der Waals surface area (Å²) in [5, 5.41) is 4.39. The van der Waals surface area contributed by atoms with Crippen molar-refractivity contribution in [2.45, 2.75) is 36.3 Å². The molecule has 1 saturated heterocycles. The van der Waals surface area contributed by atoms with E-state index in [1.807, 2.05) is 36.4 Å². The van der Waals surface area contributed by atoms with Crippen molar-refractivity contribution in [1.29, 1.82) is 0 Å². The molecule has 0 radical (unpaired) electrons. The fraction of sp³-hybridized carbons (Fsp3) is 0.423. The molecule has 0 atom stereocenters. The van der Waals surface area contributed by atoms with Crippen molar-refractivity contribution in [3.8, 4) is 0 Å². The van der Waals surface area contributed by atoms with Gasteiger partial charge < -0.3 is 10.2 Å². The van der Waals surface area contributed by atoms with Crippen LogP contribution >= 0.6 is 35.0 Å². The number of benzene rings is 2. The zero-order chi connectivity index (χ0) is 23.4. The van der Waals surface area contributed by atoms with E-state index in [-0.39, 0.29) is 10.7 Å². The Morgan fingerprint density at radius 2 is 1.79 bits per heavy atom. The van der Waals surface area contributed by atoms with Gasteiger partial charge in [-0.2, -0.15) is 0 Å².